The molecule has 2 rings (SSSR count). The highest BCUT2D eigenvalue weighted by molar-refractivity contribution is 8.00. The SMILES string of the molecule is CCCC1CCC(C#N)C(Sc2cccc(C)c2)C1. The van der Waals surface area contributed by atoms with Crippen LogP contribution in [0.1, 0.15) is 44.6 Å². The van der Waals surface area contributed by atoms with Crippen molar-refractivity contribution in [1.29, 1.82) is 5.26 Å². The standard InChI is InChI=1S/C17H23NS/c1-3-5-14-8-9-15(12-18)17(11-14)19-16-7-4-6-13(2)10-16/h4,6-7,10,14-15,17H,3,5,8-9,11H2,1-2H3. The summed E-state index contributed by atoms with van der Waals surface area (Å²) in [6, 6.07) is 11.2. The predicted molar refractivity (Wildman–Crippen MR) is 82.2 cm³/mol. The molecule has 3 unspecified atom stereocenters. The van der Waals surface area contributed by atoms with Crippen LogP contribution in [0.4, 0.5) is 0 Å². The van der Waals surface area contributed by atoms with Gasteiger partial charge in [0.15, 0.2) is 0 Å². The van der Waals surface area contributed by atoms with E-state index < -0.39 is 0 Å². The number of hydrogen-bond acceptors (Lipinski definition) is 2. The fraction of sp³-hybridized carbons (Fsp3) is 0.588. The number of thioether (sulfide) groups is 1. The van der Waals surface area contributed by atoms with Crippen LogP contribution >= 0.6 is 11.8 Å². The largest absolute Gasteiger partial charge is 0.198 e. The van der Waals surface area contributed by atoms with E-state index in [2.05, 4.69) is 44.2 Å². The molecule has 1 fully saturated rings. The highest BCUT2D eigenvalue weighted by Gasteiger charge is 2.30. The number of aryl methyl sites for hydroxylation is 1. The molecule has 0 aliphatic heterocycles. The maximum Gasteiger partial charge on any atom is 0.0667 e. The van der Waals surface area contributed by atoms with E-state index in [0.29, 0.717) is 5.25 Å². The first-order valence-electron chi connectivity index (χ1n) is 7.36. The monoisotopic (exact) mass is 273 g/mol. The predicted octanol–water partition coefficient (Wildman–Crippen LogP) is 5.20. The molecule has 0 saturated heterocycles. The molecular weight excluding hydrogens is 250 g/mol. The Kier molecular flexibility index (Phi) is 5.34. The summed E-state index contributed by atoms with van der Waals surface area (Å²) in [5, 5.41) is 9.83. The maximum absolute atomic E-state index is 9.35. The minimum atomic E-state index is 0.235. The Balaban J connectivity index is 2.04. The van der Waals surface area contributed by atoms with Crippen LogP contribution in [0.3, 0.4) is 0 Å². The Bertz CT molecular complexity index is 449. The first-order chi connectivity index (χ1) is 9.22. The third kappa shape index (κ3) is 4.01. The Hall–Kier alpha value is -0.940. The van der Waals surface area contributed by atoms with Gasteiger partial charge in [-0.3, -0.25) is 0 Å². The average molecular weight is 273 g/mol. The molecule has 1 aromatic rings. The number of hydrogen-bond donors (Lipinski definition) is 0. The Morgan fingerprint density at radius 3 is 2.89 bits per heavy atom. The summed E-state index contributed by atoms with van der Waals surface area (Å²) < 4.78 is 0. The molecule has 1 nitrogen and oxygen atoms in total. The summed E-state index contributed by atoms with van der Waals surface area (Å²) >= 11 is 1.92. The zero-order valence-corrected chi connectivity index (χ0v) is 12.7. The van der Waals surface area contributed by atoms with Crippen molar-refractivity contribution >= 4 is 11.8 Å². The summed E-state index contributed by atoms with van der Waals surface area (Å²) in [5.41, 5.74) is 1.31. The fourth-order valence-electron chi connectivity index (χ4n) is 3.02. The minimum absolute atomic E-state index is 0.235. The van der Waals surface area contributed by atoms with Gasteiger partial charge in [0.2, 0.25) is 0 Å². The van der Waals surface area contributed by atoms with Gasteiger partial charge < -0.3 is 0 Å². The second-order valence-corrected chi connectivity index (χ2v) is 6.99. The summed E-state index contributed by atoms with van der Waals surface area (Å²) in [6.07, 6.45) is 6.14. The molecule has 0 heterocycles. The molecule has 0 amide bonds. The average Bonchev–Trinajstić information content (AvgIpc) is 2.39. The summed E-state index contributed by atoms with van der Waals surface area (Å²) in [7, 11) is 0. The molecule has 1 aliphatic carbocycles. The van der Waals surface area contributed by atoms with Gasteiger partial charge in [0.05, 0.1) is 12.0 Å². The Labute approximate surface area is 121 Å². The molecule has 1 aromatic carbocycles. The third-order valence-electron chi connectivity index (χ3n) is 4.04. The van der Waals surface area contributed by atoms with E-state index in [9.17, 15) is 5.26 Å². The van der Waals surface area contributed by atoms with Gasteiger partial charge in [-0.1, -0.05) is 37.5 Å². The van der Waals surface area contributed by atoms with Crippen LogP contribution in [-0.2, 0) is 0 Å². The molecule has 0 radical (unpaired) electrons. The van der Waals surface area contributed by atoms with Crippen molar-refractivity contribution in [3.8, 4) is 6.07 Å². The molecule has 0 bridgehead atoms. The molecule has 2 heteroatoms. The van der Waals surface area contributed by atoms with Crippen molar-refractivity contribution in [2.45, 2.75) is 56.1 Å². The van der Waals surface area contributed by atoms with Gasteiger partial charge in [0, 0.05) is 10.1 Å². The van der Waals surface area contributed by atoms with Crippen molar-refractivity contribution in [3.63, 3.8) is 0 Å². The molecule has 0 spiro atoms. The van der Waals surface area contributed by atoms with Gasteiger partial charge in [0.25, 0.3) is 0 Å². The number of benzene rings is 1. The Morgan fingerprint density at radius 2 is 2.21 bits per heavy atom. The van der Waals surface area contributed by atoms with Gasteiger partial charge >= 0.3 is 0 Å². The summed E-state index contributed by atoms with van der Waals surface area (Å²) in [6.45, 7) is 4.39. The first-order valence-corrected chi connectivity index (χ1v) is 8.23. The van der Waals surface area contributed by atoms with Crippen molar-refractivity contribution in [2.75, 3.05) is 0 Å². The van der Waals surface area contributed by atoms with Gasteiger partial charge in [-0.15, -0.1) is 11.8 Å². The molecule has 0 aromatic heterocycles. The van der Waals surface area contributed by atoms with Crippen LogP contribution in [0.15, 0.2) is 29.2 Å². The lowest BCUT2D eigenvalue weighted by Gasteiger charge is -2.32. The van der Waals surface area contributed by atoms with E-state index in [0.717, 1.165) is 12.3 Å². The zero-order valence-electron chi connectivity index (χ0n) is 11.9. The molecule has 3 atom stereocenters. The molecular formula is C17H23NS. The number of rotatable bonds is 4. The van der Waals surface area contributed by atoms with E-state index in [4.69, 9.17) is 0 Å². The van der Waals surface area contributed by atoms with Crippen molar-refractivity contribution in [1.82, 2.24) is 0 Å². The molecule has 19 heavy (non-hydrogen) atoms. The van der Waals surface area contributed by atoms with E-state index in [1.165, 1.54) is 36.1 Å². The topological polar surface area (TPSA) is 23.8 Å². The third-order valence-corrected chi connectivity index (χ3v) is 5.39. The minimum Gasteiger partial charge on any atom is -0.198 e. The van der Waals surface area contributed by atoms with Crippen LogP contribution in [0.2, 0.25) is 0 Å². The van der Waals surface area contributed by atoms with Gasteiger partial charge in [0.1, 0.15) is 0 Å². The molecule has 102 valence electrons. The van der Waals surface area contributed by atoms with E-state index in [1.807, 2.05) is 11.8 Å². The molecule has 1 saturated carbocycles. The Morgan fingerprint density at radius 1 is 1.37 bits per heavy atom. The van der Waals surface area contributed by atoms with Gasteiger partial charge in [-0.2, -0.15) is 5.26 Å². The maximum atomic E-state index is 9.35. The van der Waals surface area contributed by atoms with Crippen LogP contribution in [0, 0.1) is 30.1 Å². The van der Waals surface area contributed by atoms with E-state index in [1.54, 1.807) is 0 Å². The first kappa shape index (κ1) is 14.5. The van der Waals surface area contributed by atoms with Crippen molar-refractivity contribution in [3.05, 3.63) is 29.8 Å². The van der Waals surface area contributed by atoms with Gasteiger partial charge in [-0.05, 0) is 44.2 Å². The number of nitrogens with zero attached hydrogens (tertiary/aromatic N) is 1. The summed E-state index contributed by atoms with van der Waals surface area (Å²) in [5.74, 6) is 1.07. The fourth-order valence-corrected chi connectivity index (χ4v) is 4.51. The van der Waals surface area contributed by atoms with E-state index >= 15 is 0 Å². The normalized spacial score (nSPS) is 26.9. The lowest BCUT2D eigenvalue weighted by atomic mass is 9.80. The van der Waals surface area contributed by atoms with Crippen LogP contribution in [-0.4, -0.2) is 5.25 Å². The smallest absolute Gasteiger partial charge is 0.0667 e. The van der Waals surface area contributed by atoms with Crippen molar-refractivity contribution < 1.29 is 0 Å². The lowest BCUT2D eigenvalue weighted by molar-refractivity contribution is 0.307. The zero-order chi connectivity index (χ0) is 13.7. The second-order valence-electron chi connectivity index (χ2n) is 5.68. The second kappa shape index (κ2) is 7.01. The van der Waals surface area contributed by atoms with Crippen LogP contribution in [0.5, 0.6) is 0 Å². The quantitative estimate of drug-likeness (QED) is 0.753. The van der Waals surface area contributed by atoms with Crippen molar-refractivity contribution in [2.24, 2.45) is 11.8 Å². The molecule has 1 aliphatic rings. The van der Waals surface area contributed by atoms with Crippen LogP contribution in [0.25, 0.3) is 0 Å². The highest BCUT2D eigenvalue weighted by Crippen LogP contribution is 2.41. The van der Waals surface area contributed by atoms with E-state index in [-0.39, 0.29) is 5.92 Å². The lowest BCUT2D eigenvalue weighted by Crippen LogP contribution is -2.26. The molecule has 0 N–H and O–H groups in total. The van der Waals surface area contributed by atoms with Gasteiger partial charge in [-0.25, -0.2) is 0 Å². The van der Waals surface area contributed by atoms with Crippen LogP contribution < -0.4 is 0 Å². The number of nitriles is 1. The summed E-state index contributed by atoms with van der Waals surface area (Å²) in [4.78, 5) is 1.32. The highest BCUT2D eigenvalue weighted by atomic mass is 32.2.